The Labute approximate surface area is 72.5 Å². The molecule has 3 nitrogen and oxygen atoms in total. The minimum atomic E-state index is -0.241. The number of imide groups is 1. The van der Waals surface area contributed by atoms with Crippen LogP contribution in [0.2, 0.25) is 0 Å². The summed E-state index contributed by atoms with van der Waals surface area (Å²) in [5.41, 5.74) is -0.0874. The van der Waals surface area contributed by atoms with Crippen LogP contribution in [0.4, 0.5) is 0 Å². The van der Waals surface area contributed by atoms with E-state index in [-0.39, 0.29) is 17.2 Å². The summed E-state index contributed by atoms with van der Waals surface area (Å²) in [6.45, 7) is 4.05. The molecular formula is C9H14NO2. The maximum Gasteiger partial charge on any atom is 0.249 e. The van der Waals surface area contributed by atoms with E-state index in [0.29, 0.717) is 12.8 Å². The fraction of sp³-hybridized carbons (Fsp3) is 0.778. The van der Waals surface area contributed by atoms with Crippen LogP contribution >= 0.6 is 0 Å². The topological polar surface area (TPSA) is 48.2 Å². The molecule has 2 amide bonds. The quantitative estimate of drug-likeness (QED) is 0.582. The van der Waals surface area contributed by atoms with Gasteiger partial charge in [-0.2, -0.15) is 5.32 Å². The van der Waals surface area contributed by atoms with E-state index in [2.05, 4.69) is 5.32 Å². The summed E-state index contributed by atoms with van der Waals surface area (Å²) in [5.74, 6) is -0.482. The lowest BCUT2D eigenvalue weighted by Crippen LogP contribution is -2.39. The van der Waals surface area contributed by atoms with Crippen LogP contribution in [0.25, 0.3) is 0 Å². The van der Waals surface area contributed by atoms with Crippen molar-refractivity contribution in [1.82, 2.24) is 5.32 Å². The lowest BCUT2D eigenvalue weighted by Gasteiger charge is -2.32. The molecule has 1 saturated heterocycles. The van der Waals surface area contributed by atoms with Crippen LogP contribution in [0.1, 0.15) is 39.5 Å². The van der Waals surface area contributed by atoms with E-state index in [0.717, 1.165) is 12.8 Å². The van der Waals surface area contributed by atoms with E-state index >= 15 is 0 Å². The van der Waals surface area contributed by atoms with Gasteiger partial charge >= 0.3 is 0 Å². The molecule has 12 heavy (non-hydrogen) atoms. The first-order valence-corrected chi connectivity index (χ1v) is 4.39. The molecular weight excluding hydrogens is 154 g/mol. The summed E-state index contributed by atoms with van der Waals surface area (Å²) in [7, 11) is 0. The Morgan fingerprint density at radius 3 is 1.92 bits per heavy atom. The molecule has 67 valence electrons. The highest BCUT2D eigenvalue weighted by molar-refractivity contribution is 5.97. The maximum absolute atomic E-state index is 11.0. The van der Waals surface area contributed by atoms with Gasteiger partial charge in [-0.05, 0) is 18.3 Å². The van der Waals surface area contributed by atoms with Crippen LogP contribution in [0.5, 0.6) is 0 Å². The zero-order chi connectivity index (χ0) is 9.19. The first-order valence-electron chi connectivity index (χ1n) is 4.39. The van der Waals surface area contributed by atoms with Gasteiger partial charge in [-0.15, -0.1) is 0 Å². The van der Waals surface area contributed by atoms with E-state index in [1.54, 1.807) is 0 Å². The van der Waals surface area contributed by atoms with Gasteiger partial charge in [0.05, 0.1) is 0 Å². The van der Waals surface area contributed by atoms with Crippen molar-refractivity contribution in [2.45, 2.75) is 39.5 Å². The Kier molecular flexibility index (Phi) is 2.50. The molecule has 3 heteroatoms. The predicted octanol–water partition coefficient (Wildman–Crippen LogP) is 1.24. The SMILES string of the molecule is CCC1(CC)CC(=O)[N]C(=O)C1. The highest BCUT2D eigenvalue weighted by Crippen LogP contribution is 2.36. The summed E-state index contributed by atoms with van der Waals surface area (Å²) < 4.78 is 0. The van der Waals surface area contributed by atoms with Crippen LogP contribution in [-0.4, -0.2) is 11.8 Å². The van der Waals surface area contributed by atoms with Crippen molar-refractivity contribution < 1.29 is 9.59 Å². The zero-order valence-corrected chi connectivity index (χ0v) is 7.59. The van der Waals surface area contributed by atoms with Crippen molar-refractivity contribution in [3.63, 3.8) is 0 Å². The number of rotatable bonds is 2. The molecule has 0 aromatic carbocycles. The first kappa shape index (κ1) is 9.23. The Morgan fingerprint density at radius 2 is 1.58 bits per heavy atom. The van der Waals surface area contributed by atoms with Gasteiger partial charge in [0, 0.05) is 12.8 Å². The number of piperidine rings is 1. The molecule has 1 radical (unpaired) electrons. The van der Waals surface area contributed by atoms with Gasteiger partial charge in [0.15, 0.2) is 0 Å². The van der Waals surface area contributed by atoms with E-state index in [1.807, 2.05) is 13.8 Å². The monoisotopic (exact) mass is 168 g/mol. The highest BCUT2D eigenvalue weighted by Gasteiger charge is 2.37. The third kappa shape index (κ3) is 1.65. The van der Waals surface area contributed by atoms with Crippen LogP contribution in [0, 0.1) is 5.41 Å². The van der Waals surface area contributed by atoms with Gasteiger partial charge < -0.3 is 0 Å². The first-order chi connectivity index (χ1) is 5.62. The molecule has 1 heterocycles. The Morgan fingerprint density at radius 1 is 1.17 bits per heavy atom. The minimum Gasteiger partial charge on any atom is -0.272 e. The van der Waals surface area contributed by atoms with E-state index in [1.165, 1.54) is 0 Å². The van der Waals surface area contributed by atoms with Crippen LogP contribution < -0.4 is 5.32 Å². The summed E-state index contributed by atoms with van der Waals surface area (Å²) in [6, 6.07) is 0. The van der Waals surface area contributed by atoms with E-state index in [9.17, 15) is 9.59 Å². The molecule has 0 bridgehead atoms. The molecule has 0 aromatic heterocycles. The number of hydrogen-bond donors (Lipinski definition) is 0. The fourth-order valence-corrected chi connectivity index (χ4v) is 1.67. The highest BCUT2D eigenvalue weighted by atomic mass is 16.2. The third-order valence-electron chi connectivity index (χ3n) is 2.80. The molecule has 1 aliphatic rings. The van der Waals surface area contributed by atoms with Crippen LogP contribution in [0.15, 0.2) is 0 Å². The number of carbonyl (C=O) groups excluding carboxylic acids is 2. The Hall–Kier alpha value is -0.860. The summed E-state index contributed by atoms with van der Waals surface area (Å²) in [6.07, 6.45) is 2.67. The van der Waals surface area contributed by atoms with Crippen LogP contribution in [-0.2, 0) is 9.59 Å². The smallest absolute Gasteiger partial charge is 0.249 e. The second kappa shape index (κ2) is 3.25. The molecule has 1 rings (SSSR count). The Bertz CT molecular complexity index is 189. The molecule has 0 N–H and O–H groups in total. The van der Waals surface area contributed by atoms with Gasteiger partial charge in [-0.25, -0.2) is 0 Å². The maximum atomic E-state index is 11.0. The fourth-order valence-electron chi connectivity index (χ4n) is 1.67. The van der Waals surface area contributed by atoms with Crippen molar-refractivity contribution in [3.8, 4) is 0 Å². The largest absolute Gasteiger partial charge is 0.272 e. The zero-order valence-electron chi connectivity index (χ0n) is 7.59. The molecule has 0 aromatic rings. The van der Waals surface area contributed by atoms with Gasteiger partial charge in [-0.1, -0.05) is 13.8 Å². The van der Waals surface area contributed by atoms with Gasteiger partial charge in [0.1, 0.15) is 0 Å². The lowest BCUT2D eigenvalue weighted by atomic mass is 9.74. The summed E-state index contributed by atoms with van der Waals surface area (Å²) >= 11 is 0. The second-order valence-electron chi connectivity index (χ2n) is 3.46. The molecule has 0 aliphatic carbocycles. The number of carbonyl (C=O) groups is 2. The van der Waals surface area contributed by atoms with Crippen molar-refractivity contribution in [2.75, 3.05) is 0 Å². The molecule has 0 saturated carbocycles. The number of hydrogen-bond acceptors (Lipinski definition) is 2. The standard InChI is InChI=1S/C9H14NO2/c1-3-9(4-2)5-7(11)10-8(12)6-9/h3-6H2,1-2H3. The second-order valence-corrected chi connectivity index (χ2v) is 3.46. The molecule has 0 unspecified atom stereocenters. The van der Waals surface area contributed by atoms with E-state index < -0.39 is 0 Å². The normalized spacial score (nSPS) is 22.2. The molecule has 1 fully saturated rings. The molecule has 1 aliphatic heterocycles. The van der Waals surface area contributed by atoms with Crippen molar-refractivity contribution in [1.29, 1.82) is 0 Å². The molecule has 0 spiro atoms. The predicted molar refractivity (Wildman–Crippen MR) is 44.4 cm³/mol. The average Bonchev–Trinajstić information content (AvgIpc) is 2.02. The van der Waals surface area contributed by atoms with Gasteiger partial charge in [0.2, 0.25) is 11.8 Å². The van der Waals surface area contributed by atoms with E-state index in [4.69, 9.17) is 0 Å². The van der Waals surface area contributed by atoms with Gasteiger partial charge in [-0.3, -0.25) is 9.59 Å². The Balaban J connectivity index is 2.76. The summed E-state index contributed by atoms with van der Waals surface area (Å²) in [4.78, 5) is 22.0. The lowest BCUT2D eigenvalue weighted by molar-refractivity contribution is -0.138. The van der Waals surface area contributed by atoms with Gasteiger partial charge in [0.25, 0.3) is 0 Å². The third-order valence-corrected chi connectivity index (χ3v) is 2.80. The molecule has 0 atom stereocenters. The number of nitrogens with zero attached hydrogens (tertiary/aromatic N) is 1. The van der Waals surface area contributed by atoms with Crippen molar-refractivity contribution >= 4 is 11.8 Å². The van der Waals surface area contributed by atoms with Crippen molar-refractivity contribution in [2.24, 2.45) is 5.41 Å². The average molecular weight is 168 g/mol. The minimum absolute atomic E-state index is 0.0874. The van der Waals surface area contributed by atoms with Crippen LogP contribution in [0.3, 0.4) is 0 Å². The van der Waals surface area contributed by atoms with Crippen molar-refractivity contribution in [3.05, 3.63) is 0 Å². The number of amides is 2. The summed E-state index contributed by atoms with van der Waals surface area (Å²) in [5, 5.41) is 3.40.